The molecule has 1 fully saturated rings. The van der Waals surface area contributed by atoms with E-state index >= 15 is 0 Å². The molecule has 0 spiro atoms. The van der Waals surface area contributed by atoms with E-state index in [0.29, 0.717) is 36.9 Å². The van der Waals surface area contributed by atoms with Gasteiger partial charge in [0.2, 0.25) is 0 Å². The second-order valence-electron chi connectivity index (χ2n) is 5.51. The first-order valence-corrected chi connectivity index (χ1v) is 8.30. The summed E-state index contributed by atoms with van der Waals surface area (Å²) in [6.45, 7) is 2.58. The molecule has 2 aromatic carbocycles. The molecule has 1 saturated heterocycles. The number of urea groups is 1. The van der Waals surface area contributed by atoms with Crippen LogP contribution >= 0.6 is 23.2 Å². The molecule has 3 rings (SSSR count). The van der Waals surface area contributed by atoms with Crippen LogP contribution in [0.15, 0.2) is 42.5 Å². The lowest BCUT2D eigenvalue weighted by Gasteiger charge is -2.36. The van der Waals surface area contributed by atoms with Crippen molar-refractivity contribution < 1.29 is 9.18 Å². The van der Waals surface area contributed by atoms with Crippen LogP contribution in [0.2, 0.25) is 10.0 Å². The number of nitrogens with one attached hydrogen (secondary N) is 1. The van der Waals surface area contributed by atoms with Crippen molar-refractivity contribution in [2.45, 2.75) is 0 Å². The summed E-state index contributed by atoms with van der Waals surface area (Å²) in [4.78, 5) is 16.2. The summed E-state index contributed by atoms with van der Waals surface area (Å²) in [7, 11) is 0. The van der Waals surface area contributed by atoms with E-state index in [9.17, 15) is 9.18 Å². The minimum Gasteiger partial charge on any atom is -0.368 e. The lowest BCUT2D eigenvalue weighted by molar-refractivity contribution is 0.208. The number of amides is 2. The molecule has 4 nitrogen and oxygen atoms in total. The maximum absolute atomic E-state index is 13.4. The van der Waals surface area contributed by atoms with Crippen molar-refractivity contribution in [2.75, 3.05) is 36.4 Å². The Bertz CT molecular complexity index is 748. The van der Waals surface area contributed by atoms with Crippen molar-refractivity contribution in [1.29, 1.82) is 0 Å². The normalized spacial score (nSPS) is 14.6. The number of hydrogen-bond donors (Lipinski definition) is 1. The van der Waals surface area contributed by atoms with Gasteiger partial charge in [0.05, 0.1) is 5.02 Å². The molecule has 2 amide bonds. The maximum atomic E-state index is 13.4. The van der Waals surface area contributed by atoms with Gasteiger partial charge in [-0.1, -0.05) is 29.3 Å². The van der Waals surface area contributed by atoms with Gasteiger partial charge >= 0.3 is 6.03 Å². The van der Waals surface area contributed by atoms with E-state index in [0.717, 1.165) is 5.69 Å². The van der Waals surface area contributed by atoms with Crippen molar-refractivity contribution in [2.24, 2.45) is 0 Å². The van der Waals surface area contributed by atoms with Crippen LogP contribution in [-0.4, -0.2) is 37.1 Å². The van der Waals surface area contributed by atoms with Crippen LogP contribution in [0, 0.1) is 5.82 Å². The minimum atomic E-state index is -0.555. The zero-order valence-corrected chi connectivity index (χ0v) is 14.3. The summed E-state index contributed by atoms with van der Waals surface area (Å²) in [6.07, 6.45) is 0. The highest BCUT2D eigenvalue weighted by Crippen LogP contribution is 2.22. The topological polar surface area (TPSA) is 35.6 Å². The van der Waals surface area contributed by atoms with Gasteiger partial charge in [-0.05, 0) is 36.4 Å². The zero-order valence-electron chi connectivity index (χ0n) is 12.8. The van der Waals surface area contributed by atoms with Gasteiger partial charge in [-0.15, -0.1) is 0 Å². The molecule has 1 N–H and O–H groups in total. The number of benzene rings is 2. The Morgan fingerprint density at radius 1 is 1.04 bits per heavy atom. The molecule has 0 unspecified atom stereocenters. The monoisotopic (exact) mass is 367 g/mol. The lowest BCUT2D eigenvalue weighted by atomic mass is 10.2. The summed E-state index contributed by atoms with van der Waals surface area (Å²) in [5, 5.41) is 3.41. The number of anilines is 2. The number of rotatable bonds is 2. The fourth-order valence-electron chi connectivity index (χ4n) is 2.62. The third-order valence-electron chi connectivity index (χ3n) is 3.91. The second-order valence-corrected chi connectivity index (χ2v) is 6.36. The quantitative estimate of drug-likeness (QED) is 0.848. The Morgan fingerprint density at radius 3 is 2.46 bits per heavy atom. The first-order chi connectivity index (χ1) is 11.5. The highest BCUT2D eigenvalue weighted by Gasteiger charge is 2.21. The standard InChI is InChI=1S/C17H16Cl2FN3O/c18-12-2-1-3-14(10-12)22-6-8-23(9-7-22)17(24)21-13-4-5-15(19)16(20)11-13/h1-5,10-11H,6-9H2,(H,21,24). The van der Waals surface area contributed by atoms with Gasteiger partial charge in [0.25, 0.3) is 0 Å². The molecule has 7 heteroatoms. The Balaban J connectivity index is 1.58. The number of piperazine rings is 1. The molecule has 0 atom stereocenters. The highest BCUT2D eigenvalue weighted by molar-refractivity contribution is 6.31. The Hall–Kier alpha value is -1.98. The van der Waals surface area contributed by atoms with Crippen molar-refractivity contribution in [3.8, 4) is 0 Å². The van der Waals surface area contributed by atoms with Crippen molar-refractivity contribution in [3.63, 3.8) is 0 Å². The fraction of sp³-hybridized carbons (Fsp3) is 0.235. The van der Waals surface area contributed by atoms with Gasteiger partial charge in [-0.3, -0.25) is 0 Å². The molecule has 0 saturated carbocycles. The summed E-state index contributed by atoms with van der Waals surface area (Å²) in [5.41, 5.74) is 1.43. The Kier molecular flexibility index (Phi) is 5.11. The number of carbonyl (C=O) groups excluding carboxylic acids is 1. The van der Waals surface area contributed by atoms with E-state index in [-0.39, 0.29) is 11.1 Å². The van der Waals surface area contributed by atoms with Gasteiger partial charge in [0.1, 0.15) is 5.82 Å². The van der Waals surface area contributed by atoms with Crippen LogP contribution in [-0.2, 0) is 0 Å². The first kappa shape index (κ1) is 16.9. The largest absolute Gasteiger partial charge is 0.368 e. The molecule has 0 radical (unpaired) electrons. The molecule has 1 aliphatic rings. The number of nitrogens with zero attached hydrogens (tertiary/aromatic N) is 2. The molecular formula is C17H16Cl2FN3O. The van der Waals surface area contributed by atoms with Crippen molar-refractivity contribution >= 4 is 40.6 Å². The molecule has 0 bridgehead atoms. The number of halogens is 3. The summed E-state index contributed by atoms with van der Waals surface area (Å²) in [5.74, 6) is -0.555. The van der Waals surface area contributed by atoms with Gasteiger partial charge in [0.15, 0.2) is 0 Å². The van der Waals surface area contributed by atoms with Crippen molar-refractivity contribution in [1.82, 2.24) is 4.90 Å². The average molecular weight is 368 g/mol. The molecule has 24 heavy (non-hydrogen) atoms. The summed E-state index contributed by atoms with van der Waals surface area (Å²) >= 11 is 11.7. The third-order valence-corrected chi connectivity index (χ3v) is 4.45. The van der Waals surface area contributed by atoms with E-state index in [4.69, 9.17) is 23.2 Å². The third kappa shape index (κ3) is 3.91. The summed E-state index contributed by atoms with van der Waals surface area (Å²) < 4.78 is 13.4. The molecule has 2 aromatic rings. The summed E-state index contributed by atoms with van der Waals surface area (Å²) in [6, 6.07) is 11.6. The minimum absolute atomic E-state index is 0.0307. The molecule has 0 aliphatic carbocycles. The molecule has 0 aromatic heterocycles. The van der Waals surface area contributed by atoms with Gasteiger partial charge in [0, 0.05) is 42.6 Å². The smallest absolute Gasteiger partial charge is 0.321 e. The zero-order chi connectivity index (χ0) is 17.1. The van der Waals surface area contributed by atoms with Crippen LogP contribution in [0.1, 0.15) is 0 Å². The van der Waals surface area contributed by atoms with Crippen molar-refractivity contribution in [3.05, 3.63) is 58.3 Å². The molecule has 126 valence electrons. The average Bonchev–Trinajstić information content (AvgIpc) is 2.58. The van der Waals surface area contributed by atoms with Gasteiger partial charge in [-0.2, -0.15) is 0 Å². The van der Waals surface area contributed by atoms with E-state index in [1.165, 1.54) is 12.1 Å². The van der Waals surface area contributed by atoms with Crippen LogP contribution in [0.3, 0.4) is 0 Å². The van der Waals surface area contributed by atoms with E-state index in [1.807, 2.05) is 24.3 Å². The predicted molar refractivity (Wildman–Crippen MR) is 95.7 cm³/mol. The fourth-order valence-corrected chi connectivity index (χ4v) is 2.92. The molecular weight excluding hydrogens is 352 g/mol. The SMILES string of the molecule is O=C(Nc1ccc(Cl)c(F)c1)N1CCN(c2cccc(Cl)c2)CC1. The molecule has 1 aliphatic heterocycles. The van der Waals surface area contributed by atoms with Crippen LogP contribution < -0.4 is 10.2 Å². The maximum Gasteiger partial charge on any atom is 0.321 e. The Morgan fingerprint density at radius 2 is 1.79 bits per heavy atom. The van der Waals surface area contributed by atoms with Crippen LogP contribution in [0.25, 0.3) is 0 Å². The van der Waals surface area contributed by atoms with Crippen LogP contribution in [0.5, 0.6) is 0 Å². The first-order valence-electron chi connectivity index (χ1n) is 7.54. The highest BCUT2D eigenvalue weighted by atomic mass is 35.5. The lowest BCUT2D eigenvalue weighted by Crippen LogP contribution is -2.50. The van der Waals surface area contributed by atoms with Gasteiger partial charge < -0.3 is 15.1 Å². The van der Waals surface area contributed by atoms with E-state index in [1.54, 1.807) is 11.0 Å². The predicted octanol–water partition coefficient (Wildman–Crippen LogP) is 4.49. The van der Waals surface area contributed by atoms with Crippen LogP contribution in [0.4, 0.5) is 20.6 Å². The van der Waals surface area contributed by atoms with E-state index < -0.39 is 5.82 Å². The Labute approximate surface area is 149 Å². The van der Waals surface area contributed by atoms with Gasteiger partial charge in [-0.25, -0.2) is 9.18 Å². The molecule has 1 heterocycles. The second kappa shape index (κ2) is 7.28. The van der Waals surface area contributed by atoms with E-state index in [2.05, 4.69) is 10.2 Å². The number of hydrogen-bond acceptors (Lipinski definition) is 2. The number of carbonyl (C=O) groups is 1.